The van der Waals surface area contributed by atoms with Gasteiger partial charge in [-0.05, 0) is 58.2 Å². The van der Waals surface area contributed by atoms with Crippen LogP contribution in [0.15, 0.2) is 70.2 Å². The van der Waals surface area contributed by atoms with Crippen molar-refractivity contribution in [2.45, 2.75) is 24.0 Å². The van der Waals surface area contributed by atoms with Crippen molar-refractivity contribution in [1.29, 1.82) is 0 Å². The van der Waals surface area contributed by atoms with Gasteiger partial charge in [0.15, 0.2) is 5.52 Å². The monoisotopic (exact) mass is 474 g/mol. The highest BCUT2D eigenvalue weighted by Crippen LogP contribution is 2.38. The molecule has 0 fully saturated rings. The molecule has 0 bridgehead atoms. The van der Waals surface area contributed by atoms with Crippen LogP contribution in [0.3, 0.4) is 0 Å². The zero-order chi connectivity index (χ0) is 23.2. The van der Waals surface area contributed by atoms with E-state index in [0.717, 1.165) is 23.3 Å². The molecule has 1 aliphatic rings. The van der Waals surface area contributed by atoms with E-state index in [9.17, 15) is 21.6 Å². The zero-order valence-electron chi connectivity index (χ0n) is 17.0. The lowest BCUT2D eigenvalue weighted by molar-refractivity contribution is -0.137. The minimum atomic E-state index is -4.64. The molecule has 3 aromatic carbocycles. The van der Waals surface area contributed by atoms with Gasteiger partial charge in [0.1, 0.15) is 10.4 Å². The second kappa shape index (κ2) is 7.77. The molecule has 0 spiro atoms. The fraction of sp³-hybridized carbons (Fsp3) is 0.182. The van der Waals surface area contributed by atoms with E-state index in [1.807, 2.05) is 29.2 Å². The van der Waals surface area contributed by atoms with Crippen molar-refractivity contribution < 1.29 is 26.2 Å². The Hall–Kier alpha value is -3.60. The molecule has 11 heteroatoms. The molecule has 0 saturated carbocycles. The maximum absolute atomic E-state index is 13.4. The summed E-state index contributed by atoms with van der Waals surface area (Å²) in [6.07, 6.45) is -3.95. The van der Waals surface area contributed by atoms with Gasteiger partial charge in [-0.15, -0.1) is 0 Å². The van der Waals surface area contributed by atoms with Crippen LogP contribution in [0.1, 0.15) is 16.7 Å². The molecule has 0 radical (unpaired) electrons. The van der Waals surface area contributed by atoms with E-state index in [-0.39, 0.29) is 21.6 Å². The molecule has 0 unspecified atom stereocenters. The van der Waals surface area contributed by atoms with Crippen LogP contribution in [0, 0.1) is 0 Å². The highest BCUT2D eigenvalue weighted by atomic mass is 32.2. The third kappa shape index (κ3) is 3.99. The van der Waals surface area contributed by atoms with Crippen molar-refractivity contribution >= 4 is 32.4 Å². The number of rotatable bonds is 4. The molecule has 1 aliphatic heterocycles. The van der Waals surface area contributed by atoms with Crippen LogP contribution in [-0.2, 0) is 29.2 Å². The number of anilines is 2. The number of aromatic nitrogens is 2. The number of benzene rings is 3. The maximum Gasteiger partial charge on any atom is 0.416 e. The summed E-state index contributed by atoms with van der Waals surface area (Å²) in [5.74, 6) is 0. The van der Waals surface area contributed by atoms with Crippen molar-refractivity contribution in [2.24, 2.45) is 0 Å². The van der Waals surface area contributed by atoms with Crippen LogP contribution in [0.25, 0.3) is 11.0 Å². The van der Waals surface area contributed by atoms with Crippen molar-refractivity contribution in [1.82, 2.24) is 10.3 Å². The lowest BCUT2D eigenvalue weighted by atomic mass is 9.99. The van der Waals surface area contributed by atoms with E-state index in [2.05, 4.69) is 19.7 Å². The maximum atomic E-state index is 13.4. The number of halogens is 3. The third-order valence-electron chi connectivity index (χ3n) is 5.58. The minimum absolute atomic E-state index is 0.00886. The summed E-state index contributed by atoms with van der Waals surface area (Å²) in [7, 11) is -4.30. The lowest BCUT2D eigenvalue weighted by Gasteiger charge is -2.32. The topological polar surface area (TPSA) is 88.3 Å². The Kier molecular flexibility index (Phi) is 5.00. The van der Waals surface area contributed by atoms with Crippen LogP contribution in [-0.4, -0.2) is 25.3 Å². The fourth-order valence-corrected chi connectivity index (χ4v) is 5.19. The second-order valence-electron chi connectivity index (χ2n) is 7.66. The minimum Gasteiger partial charge on any atom is -0.365 e. The van der Waals surface area contributed by atoms with E-state index in [0.29, 0.717) is 25.2 Å². The van der Waals surface area contributed by atoms with Gasteiger partial charge in [-0.25, -0.2) is 13.0 Å². The molecular weight excluding hydrogens is 457 g/mol. The summed E-state index contributed by atoms with van der Waals surface area (Å²) in [4.78, 5) is 1.62. The van der Waals surface area contributed by atoms with E-state index in [1.54, 1.807) is 0 Å². The van der Waals surface area contributed by atoms with Crippen LogP contribution in [0.5, 0.6) is 0 Å². The fourth-order valence-electron chi connectivity index (χ4n) is 3.97. The van der Waals surface area contributed by atoms with Gasteiger partial charge in [-0.2, -0.15) is 13.2 Å². The molecule has 0 saturated heterocycles. The summed E-state index contributed by atoms with van der Waals surface area (Å²) in [6.45, 7) is 0.971. The Balaban J connectivity index is 1.57. The Labute approximate surface area is 186 Å². The van der Waals surface area contributed by atoms with Gasteiger partial charge in [0, 0.05) is 13.1 Å². The number of alkyl halides is 3. The average Bonchev–Trinajstić information content (AvgIpc) is 3.27. The largest absolute Gasteiger partial charge is 0.416 e. The van der Waals surface area contributed by atoms with Gasteiger partial charge in [0.05, 0.1) is 16.9 Å². The number of hydrogen-bond donors (Lipinski definition) is 1. The first-order valence-electron chi connectivity index (χ1n) is 9.99. The molecule has 0 aliphatic carbocycles. The lowest BCUT2D eigenvalue weighted by Crippen LogP contribution is -2.31. The predicted octanol–water partition coefficient (Wildman–Crippen LogP) is 4.61. The Bertz CT molecular complexity index is 1450. The number of nitrogens with one attached hydrogen (secondary N) is 1. The quantitative estimate of drug-likeness (QED) is 0.465. The smallest absolute Gasteiger partial charge is 0.365 e. The first kappa shape index (κ1) is 21.3. The summed E-state index contributed by atoms with van der Waals surface area (Å²) in [5.41, 5.74) is 1.64. The van der Waals surface area contributed by atoms with Crippen LogP contribution >= 0.6 is 0 Å². The highest BCUT2D eigenvalue weighted by Gasteiger charge is 2.33. The molecule has 5 rings (SSSR count). The van der Waals surface area contributed by atoms with Crippen molar-refractivity contribution in [3.05, 3.63) is 77.4 Å². The van der Waals surface area contributed by atoms with Crippen molar-refractivity contribution in [3.63, 3.8) is 0 Å². The van der Waals surface area contributed by atoms with Gasteiger partial charge < -0.3 is 4.90 Å². The zero-order valence-corrected chi connectivity index (χ0v) is 17.8. The molecule has 1 N–H and O–H groups in total. The second-order valence-corrected chi connectivity index (χ2v) is 9.31. The van der Waals surface area contributed by atoms with E-state index in [1.165, 1.54) is 24.3 Å². The number of nitrogens with zero attached hydrogens (tertiary/aromatic N) is 3. The molecule has 0 amide bonds. The summed E-state index contributed by atoms with van der Waals surface area (Å²) in [5, 5.41) is 7.25. The molecule has 2 heterocycles. The highest BCUT2D eigenvalue weighted by molar-refractivity contribution is 7.93. The molecular formula is C22H17F3N4O3S. The number of fused-ring (bicyclic) bond motifs is 2. The molecule has 7 nitrogen and oxygen atoms in total. The van der Waals surface area contributed by atoms with Crippen LogP contribution in [0.4, 0.5) is 24.5 Å². The van der Waals surface area contributed by atoms with Gasteiger partial charge in [-0.3, -0.25) is 4.72 Å². The summed E-state index contributed by atoms with van der Waals surface area (Å²) < 4.78 is 73.7. The SMILES string of the molecule is O=S(=O)(Nc1cc(C(F)(F)F)ccc1N1CCc2ccccc2C1)c1cccc2nonc12. The van der Waals surface area contributed by atoms with E-state index in [4.69, 9.17) is 0 Å². The average molecular weight is 474 g/mol. The first-order chi connectivity index (χ1) is 15.7. The van der Waals surface area contributed by atoms with Gasteiger partial charge in [-0.1, -0.05) is 30.3 Å². The number of hydrogen-bond acceptors (Lipinski definition) is 6. The standard InChI is InChI=1S/C22H17F3N4O3S/c23-22(24,25)16-8-9-19(29-11-10-14-4-1-2-5-15(14)13-29)18(12-16)28-33(30,31)20-7-3-6-17-21(20)27-32-26-17/h1-9,12,28H,10-11,13H2. The van der Waals surface area contributed by atoms with Crippen molar-refractivity contribution in [2.75, 3.05) is 16.2 Å². The molecule has 33 heavy (non-hydrogen) atoms. The van der Waals surface area contributed by atoms with Crippen LogP contribution in [0.2, 0.25) is 0 Å². The van der Waals surface area contributed by atoms with E-state index >= 15 is 0 Å². The van der Waals surface area contributed by atoms with Gasteiger partial charge in [0.2, 0.25) is 0 Å². The van der Waals surface area contributed by atoms with Crippen LogP contribution < -0.4 is 9.62 Å². The number of sulfonamides is 1. The summed E-state index contributed by atoms with van der Waals surface area (Å²) in [6, 6.07) is 15.1. The molecule has 0 atom stereocenters. The predicted molar refractivity (Wildman–Crippen MR) is 115 cm³/mol. The van der Waals surface area contributed by atoms with Crippen molar-refractivity contribution in [3.8, 4) is 0 Å². The molecule has 4 aromatic rings. The Morgan fingerprint density at radius 3 is 2.55 bits per heavy atom. The molecule has 1 aromatic heterocycles. The first-order valence-corrected chi connectivity index (χ1v) is 11.5. The Morgan fingerprint density at radius 2 is 1.76 bits per heavy atom. The normalized spacial score (nSPS) is 14.3. The van der Waals surface area contributed by atoms with Gasteiger partial charge >= 0.3 is 6.18 Å². The van der Waals surface area contributed by atoms with E-state index < -0.39 is 21.8 Å². The third-order valence-corrected chi connectivity index (χ3v) is 6.98. The van der Waals surface area contributed by atoms with Gasteiger partial charge in [0.25, 0.3) is 10.0 Å². The Morgan fingerprint density at radius 1 is 0.970 bits per heavy atom. The summed E-state index contributed by atoms with van der Waals surface area (Å²) >= 11 is 0. The molecule has 170 valence electrons.